The van der Waals surface area contributed by atoms with Gasteiger partial charge in [-0.25, -0.2) is 0 Å². The third-order valence-corrected chi connectivity index (χ3v) is 8.97. The van der Waals surface area contributed by atoms with Crippen molar-refractivity contribution in [2.75, 3.05) is 26.9 Å². The van der Waals surface area contributed by atoms with Crippen LogP contribution in [-0.4, -0.2) is 66.6 Å². The number of amidine groups is 1. The van der Waals surface area contributed by atoms with Gasteiger partial charge < -0.3 is 24.6 Å². The number of hydrogen-bond donors (Lipinski definition) is 1. The predicted octanol–water partition coefficient (Wildman–Crippen LogP) is 8.63. The molecular formula is C40H58N4O3. The van der Waals surface area contributed by atoms with Gasteiger partial charge in [0.25, 0.3) is 5.91 Å². The quantitative estimate of drug-likeness (QED) is 0.231. The van der Waals surface area contributed by atoms with Crippen LogP contribution in [0.25, 0.3) is 5.57 Å². The third-order valence-electron chi connectivity index (χ3n) is 8.97. The fourth-order valence-corrected chi connectivity index (χ4v) is 6.57. The van der Waals surface area contributed by atoms with Crippen molar-refractivity contribution in [1.29, 1.82) is 0 Å². The highest BCUT2D eigenvalue weighted by Gasteiger charge is 2.36. The van der Waals surface area contributed by atoms with Crippen LogP contribution in [0, 0.1) is 0 Å². The lowest BCUT2D eigenvalue weighted by atomic mass is 9.89. The molecule has 1 amide bonds. The van der Waals surface area contributed by atoms with Gasteiger partial charge in [0.2, 0.25) is 6.79 Å². The predicted molar refractivity (Wildman–Crippen MR) is 198 cm³/mol. The molecule has 4 rings (SSSR count). The molecule has 1 saturated heterocycles. The van der Waals surface area contributed by atoms with Crippen molar-refractivity contribution in [3.63, 3.8) is 0 Å². The highest BCUT2D eigenvalue weighted by Crippen LogP contribution is 2.35. The van der Waals surface area contributed by atoms with Crippen LogP contribution >= 0.6 is 0 Å². The van der Waals surface area contributed by atoms with E-state index in [0.717, 1.165) is 79.2 Å². The molecular weight excluding hydrogens is 584 g/mol. The topological polar surface area (TPSA) is 66.4 Å². The first-order valence-corrected chi connectivity index (χ1v) is 17.5. The van der Waals surface area contributed by atoms with E-state index in [1.54, 1.807) is 7.05 Å². The standard InChI is InChI=1S/C38H52N4O3.C2H6/c1-9-14-28(7)34(15-10-2)42(26(4)5)24-30-17-13-21-41(30)38(43)32-23-37(39-8)40-33(31(32)11-3)18-12-16-27(6)29-19-20-35-36(22-29)45-25-44-35;1-2/h10-11,14-16,19-20,22-23,26,30,33H,2,9,12-13,17-18,21,24-25H2,1,3-8H3,(H,39,40);1-2H3/b27-16+,28-14-,31-11-,34-15+;. The molecule has 7 nitrogen and oxygen atoms in total. The third kappa shape index (κ3) is 9.30. The first-order valence-electron chi connectivity index (χ1n) is 17.5. The molecule has 0 spiro atoms. The molecule has 47 heavy (non-hydrogen) atoms. The summed E-state index contributed by atoms with van der Waals surface area (Å²) in [6.45, 7) is 22.7. The molecule has 7 heteroatoms. The van der Waals surface area contributed by atoms with E-state index in [-0.39, 0.29) is 30.8 Å². The Morgan fingerprint density at radius 2 is 1.94 bits per heavy atom. The van der Waals surface area contributed by atoms with Gasteiger partial charge in [-0.1, -0.05) is 57.7 Å². The summed E-state index contributed by atoms with van der Waals surface area (Å²) in [5.41, 5.74) is 6.53. The van der Waals surface area contributed by atoms with Crippen LogP contribution in [-0.2, 0) is 4.79 Å². The Labute approximate surface area is 284 Å². The minimum absolute atomic E-state index is 0.00405. The van der Waals surface area contributed by atoms with Crippen LogP contribution in [0.4, 0.5) is 0 Å². The Kier molecular flexibility index (Phi) is 14.6. The molecule has 0 aromatic heterocycles. The van der Waals surface area contributed by atoms with Crippen molar-refractivity contribution < 1.29 is 14.3 Å². The van der Waals surface area contributed by atoms with Crippen LogP contribution in [0.5, 0.6) is 11.5 Å². The first kappa shape index (κ1) is 37.5. The fourth-order valence-electron chi connectivity index (χ4n) is 6.57. The summed E-state index contributed by atoms with van der Waals surface area (Å²) in [7, 11) is 1.78. The Hall–Kier alpha value is -4.00. The Balaban J connectivity index is 0.00000294. The van der Waals surface area contributed by atoms with Crippen molar-refractivity contribution in [1.82, 2.24) is 15.1 Å². The van der Waals surface area contributed by atoms with Gasteiger partial charge in [-0.15, -0.1) is 0 Å². The molecule has 3 aliphatic rings. The number of hydrogen-bond acceptors (Lipinski definition) is 5. The van der Waals surface area contributed by atoms with Crippen LogP contribution in [0.3, 0.4) is 0 Å². The number of allylic oxidation sites excluding steroid dienone is 7. The minimum Gasteiger partial charge on any atom is -0.454 e. The summed E-state index contributed by atoms with van der Waals surface area (Å²) in [4.78, 5) is 23.4. The molecule has 1 aromatic rings. The van der Waals surface area contributed by atoms with Gasteiger partial charge in [-0.2, -0.15) is 0 Å². The normalized spacial score (nSPS) is 21.4. The van der Waals surface area contributed by atoms with Gasteiger partial charge in [0.15, 0.2) is 11.5 Å². The van der Waals surface area contributed by atoms with Crippen molar-refractivity contribution in [3.8, 4) is 11.5 Å². The molecule has 1 N–H and O–H groups in total. The van der Waals surface area contributed by atoms with E-state index >= 15 is 0 Å². The number of benzene rings is 1. The molecule has 256 valence electrons. The average Bonchev–Trinajstić information content (AvgIpc) is 3.75. The van der Waals surface area contributed by atoms with Gasteiger partial charge in [-0.3, -0.25) is 9.79 Å². The molecule has 3 heterocycles. The maximum atomic E-state index is 14.4. The smallest absolute Gasteiger partial charge is 0.254 e. The van der Waals surface area contributed by atoms with E-state index in [2.05, 4.69) is 91.7 Å². The van der Waals surface area contributed by atoms with Gasteiger partial charge in [-0.05, 0) is 113 Å². The average molecular weight is 643 g/mol. The number of amides is 1. The molecule has 2 atom stereocenters. The lowest BCUT2D eigenvalue weighted by molar-refractivity contribution is -0.128. The zero-order valence-electron chi connectivity index (χ0n) is 30.4. The summed E-state index contributed by atoms with van der Waals surface area (Å²) in [6.07, 6.45) is 17.2. The SMILES string of the molecule is C=C/C=C(\C(C)=C/CC)N(CC1CCCN1C(=O)C1=CC(=NC)NC(CC/C=C(\C)c2ccc3c(c2)OCO3)/C1=C\C)C(C)C.CC. The summed E-state index contributed by atoms with van der Waals surface area (Å²) in [6, 6.07) is 6.49. The van der Waals surface area contributed by atoms with Gasteiger partial charge in [0, 0.05) is 43.5 Å². The van der Waals surface area contributed by atoms with Gasteiger partial charge in [0.1, 0.15) is 5.84 Å². The molecule has 0 radical (unpaired) electrons. The summed E-state index contributed by atoms with van der Waals surface area (Å²) in [5.74, 6) is 2.44. The number of fused-ring (bicyclic) bond motifs is 1. The Morgan fingerprint density at radius 3 is 2.60 bits per heavy atom. The maximum absolute atomic E-state index is 14.4. The number of nitrogens with zero attached hydrogens (tertiary/aromatic N) is 3. The van der Waals surface area contributed by atoms with Gasteiger partial charge in [0.05, 0.1) is 6.04 Å². The van der Waals surface area contributed by atoms with Crippen molar-refractivity contribution in [2.45, 2.75) is 106 Å². The molecule has 0 bridgehead atoms. The zero-order valence-corrected chi connectivity index (χ0v) is 30.4. The highest BCUT2D eigenvalue weighted by molar-refractivity contribution is 6.08. The molecule has 2 unspecified atom stereocenters. The van der Waals surface area contributed by atoms with Gasteiger partial charge >= 0.3 is 0 Å². The molecule has 0 saturated carbocycles. The molecule has 1 aromatic carbocycles. The van der Waals surface area contributed by atoms with Crippen LogP contribution in [0.1, 0.15) is 93.1 Å². The molecule has 0 aliphatic carbocycles. The van der Waals surface area contributed by atoms with E-state index in [0.29, 0.717) is 0 Å². The lowest BCUT2D eigenvalue weighted by Gasteiger charge is -2.38. The second-order valence-corrected chi connectivity index (χ2v) is 12.3. The van der Waals surface area contributed by atoms with E-state index in [9.17, 15) is 4.79 Å². The van der Waals surface area contributed by atoms with Crippen molar-refractivity contribution in [2.24, 2.45) is 4.99 Å². The number of nitrogens with one attached hydrogen (secondary N) is 1. The Morgan fingerprint density at radius 1 is 1.19 bits per heavy atom. The van der Waals surface area contributed by atoms with E-state index in [1.807, 2.05) is 45.1 Å². The number of rotatable bonds is 12. The number of aliphatic imine (C=N–C) groups is 1. The second-order valence-electron chi connectivity index (χ2n) is 12.3. The molecule has 3 aliphatic heterocycles. The monoisotopic (exact) mass is 642 g/mol. The van der Waals surface area contributed by atoms with E-state index < -0.39 is 0 Å². The molecule has 1 fully saturated rings. The summed E-state index contributed by atoms with van der Waals surface area (Å²) in [5, 5.41) is 3.58. The van der Waals surface area contributed by atoms with Crippen LogP contribution in [0.2, 0.25) is 0 Å². The largest absolute Gasteiger partial charge is 0.454 e. The van der Waals surface area contributed by atoms with E-state index in [1.165, 1.54) is 16.8 Å². The van der Waals surface area contributed by atoms with Crippen molar-refractivity contribution >= 4 is 17.3 Å². The first-order chi connectivity index (χ1) is 22.7. The second kappa shape index (κ2) is 18.4. The number of carbonyl (C=O) groups excluding carboxylic acids is 1. The highest BCUT2D eigenvalue weighted by atomic mass is 16.7. The fraction of sp³-hybridized carbons (Fsp3) is 0.500. The van der Waals surface area contributed by atoms with E-state index in [4.69, 9.17) is 9.47 Å². The summed E-state index contributed by atoms with van der Waals surface area (Å²) < 4.78 is 11.0. The minimum atomic E-state index is -0.00405. The number of carbonyl (C=O) groups is 1. The maximum Gasteiger partial charge on any atom is 0.254 e. The van der Waals surface area contributed by atoms with Crippen molar-refractivity contribution in [3.05, 3.63) is 89.2 Å². The zero-order chi connectivity index (χ0) is 34.5. The Bertz CT molecular complexity index is 1430. The number of likely N-dealkylation sites (tertiary alicyclic amines) is 1. The lowest BCUT2D eigenvalue weighted by Crippen LogP contribution is -2.48. The van der Waals surface area contributed by atoms with Crippen LogP contribution in [0.15, 0.2) is 88.6 Å². The number of ether oxygens (including phenoxy) is 2. The van der Waals surface area contributed by atoms with Crippen LogP contribution < -0.4 is 14.8 Å². The summed E-state index contributed by atoms with van der Waals surface area (Å²) >= 11 is 0.